The van der Waals surface area contributed by atoms with Gasteiger partial charge in [-0.15, -0.1) is 0 Å². The quantitative estimate of drug-likeness (QED) is 0.494. The van der Waals surface area contributed by atoms with E-state index in [4.69, 9.17) is 4.74 Å². The molecule has 0 spiro atoms. The third-order valence-electron chi connectivity index (χ3n) is 5.52. The average Bonchev–Trinajstić information content (AvgIpc) is 3.23. The van der Waals surface area contributed by atoms with Gasteiger partial charge in [0.2, 0.25) is 10.0 Å². The Hall–Kier alpha value is -1.64. The molecule has 7 nitrogen and oxygen atoms in total. The number of ether oxygens (including phenoxy) is 1. The van der Waals surface area contributed by atoms with Crippen LogP contribution in [0.1, 0.15) is 44.1 Å². The lowest BCUT2D eigenvalue weighted by Crippen LogP contribution is -2.41. The summed E-state index contributed by atoms with van der Waals surface area (Å²) in [5.41, 5.74) is 1.35. The van der Waals surface area contributed by atoms with Gasteiger partial charge in [-0.1, -0.05) is 30.3 Å². The van der Waals surface area contributed by atoms with Crippen molar-refractivity contribution in [3.8, 4) is 0 Å². The van der Waals surface area contributed by atoms with Gasteiger partial charge < -0.3 is 15.0 Å². The molecule has 2 aliphatic heterocycles. The standard InChI is InChI=1S/C21H34N4O3S/c1-2-22-21(25-13-11-19(17-25)18-8-4-3-5-9-18)23-12-15-29(26,27)24-16-20-10-6-7-14-28-20/h3-5,8-9,19-20,24H,2,6-7,10-17H2,1H3,(H,22,23). The normalized spacial score (nSPS) is 23.3. The van der Waals surface area contributed by atoms with Crippen molar-refractivity contribution in [2.75, 3.05) is 45.1 Å². The van der Waals surface area contributed by atoms with Crippen molar-refractivity contribution >= 4 is 16.0 Å². The molecule has 0 aromatic heterocycles. The predicted molar refractivity (Wildman–Crippen MR) is 117 cm³/mol. The molecule has 3 rings (SSSR count). The number of guanidine groups is 1. The van der Waals surface area contributed by atoms with E-state index in [9.17, 15) is 8.42 Å². The van der Waals surface area contributed by atoms with Crippen molar-refractivity contribution < 1.29 is 13.2 Å². The number of hydrogen-bond acceptors (Lipinski definition) is 4. The Bertz CT molecular complexity index is 748. The first-order valence-corrected chi connectivity index (χ1v) is 12.4. The number of aliphatic imine (C=N–C) groups is 1. The molecule has 29 heavy (non-hydrogen) atoms. The number of benzene rings is 1. The van der Waals surface area contributed by atoms with E-state index in [1.807, 2.05) is 13.0 Å². The largest absolute Gasteiger partial charge is 0.377 e. The molecule has 0 aliphatic carbocycles. The molecule has 0 radical (unpaired) electrons. The van der Waals surface area contributed by atoms with Crippen molar-refractivity contribution in [2.45, 2.75) is 44.6 Å². The van der Waals surface area contributed by atoms with E-state index in [0.717, 1.165) is 57.9 Å². The second-order valence-corrected chi connectivity index (χ2v) is 9.66. The highest BCUT2D eigenvalue weighted by molar-refractivity contribution is 7.89. The highest BCUT2D eigenvalue weighted by atomic mass is 32.2. The van der Waals surface area contributed by atoms with E-state index >= 15 is 0 Å². The lowest BCUT2D eigenvalue weighted by atomic mass is 9.99. The number of rotatable bonds is 8. The summed E-state index contributed by atoms with van der Waals surface area (Å²) in [4.78, 5) is 6.82. The first kappa shape index (κ1) is 22.1. The Morgan fingerprint density at radius 3 is 2.79 bits per heavy atom. The summed E-state index contributed by atoms with van der Waals surface area (Å²) in [5.74, 6) is 1.28. The van der Waals surface area contributed by atoms with E-state index in [1.54, 1.807) is 0 Å². The van der Waals surface area contributed by atoms with Crippen LogP contribution < -0.4 is 10.0 Å². The van der Waals surface area contributed by atoms with Crippen LogP contribution in [0, 0.1) is 0 Å². The summed E-state index contributed by atoms with van der Waals surface area (Å²) in [6, 6.07) is 10.5. The number of nitrogens with one attached hydrogen (secondary N) is 2. The first-order chi connectivity index (χ1) is 14.1. The molecule has 2 atom stereocenters. The minimum Gasteiger partial charge on any atom is -0.377 e. The minimum atomic E-state index is -3.35. The molecule has 8 heteroatoms. The topological polar surface area (TPSA) is 83.0 Å². The highest BCUT2D eigenvalue weighted by Gasteiger charge is 2.26. The van der Waals surface area contributed by atoms with Crippen LogP contribution in [0.2, 0.25) is 0 Å². The van der Waals surface area contributed by atoms with Gasteiger partial charge in [0, 0.05) is 38.7 Å². The van der Waals surface area contributed by atoms with Gasteiger partial charge >= 0.3 is 0 Å². The van der Waals surface area contributed by atoms with Crippen LogP contribution in [0.15, 0.2) is 35.3 Å². The Labute approximate surface area is 175 Å². The van der Waals surface area contributed by atoms with Crippen LogP contribution >= 0.6 is 0 Å². The summed E-state index contributed by atoms with van der Waals surface area (Å²) < 4.78 is 32.9. The molecule has 2 saturated heterocycles. The number of likely N-dealkylation sites (tertiary alicyclic amines) is 1. The number of sulfonamides is 1. The van der Waals surface area contributed by atoms with Gasteiger partial charge in [0.05, 0.1) is 18.4 Å². The summed E-state index contributed by atoms with van der Waals surface area (Å²) in [7, 11) is -3.35. The second kappa shape index (κ2) is 10.9. The van der Waals surface area contributed by atoms with Gasteiger partial charge in [0.1, 0.15) is 0 Å². The van der Waals surface area contributed by atoms with E-state index in [2.05, 4.69) is 44.2 Å². The molecule has 1 aromatic rings. The maximum atomic E-state index is 12.3. The van der Waals surface area contributed by atoms with Crippen LogP contribution in [-0.2, 0) is 14.8 Å². The highest BCUT2D eigenvalue weighted by Crippen LogP contribution is 2.26. The summed E-state index contributed by atoms with van der Waals surface area (Å²) >= 11 is 0. The zero-order valence-electron chi connectivity index (χ0n) is 17.3. The molecule has 0 amide bonds. The summed E-state index contributed by atoms with van der Waals surface area (Å²) in [6.07, 6.45) is 4.16. The maximum absolute atomic E-state index is 12.3. The fourth-order valence-corrected chi connectivity index (χ4v) is 4.82. The number of nitrogens with zero attached hydrogens (tertiary/aromatic N) is 2. The third kappa shape index (κ3) is 6.97. The van der Waals surface area contributed by atoms with Gasteiger partial charge in [0.15, 0.2) is 5.96 Å². The Morgan fingerprint density at radius 1 is 1.24 bits per heavy atom. The van der Waals surface area contributed by atoms with Crippen molar-refractivity contribution in [1.82, 2.24) is 14.9 Å². The average molecular weight is 423 g/mol. The van der Waals surface area contributed by atoms with E-state index in [1.165, 1.54) is 5.56 Å². The van der Waals surface area contributed by atoms with E-state index in [0.29, 0.717) is 12.5 Å². The van der Waals surface area contributed by atoms with Crippen LogP contribution in [0.25, 0.3) is 0 Å². The summed E-state index contributed by atoms with van der Waals surface area (Å²) in [6.45, 7) is 5.95. The fraction of sp³-hybridized carbons (Fsp3) is 0.667. The minimum absolute atomic E-state index is 0.00105. The molecule has 0 saturated carbocycles. The van der Waals surface area contributed by atoms with E-state index < -0.39 is 10.0 Å². The molecule has 2 aliphatic rings. The van der Waals surface area contributed by atoms with Crippen LogP contribution in [0.5, 0.6) is 0 Å². The second-order valence-electron chi connectivity index (χ2n) is 7.73. The van der Waals surface area contributed by atoms with E-state index in [-0.39, 0.29) is 18.4 Å². The van der Waals surface area contributed by atoms with Crippen LogP contribution in [0.4, 0.5) is 0 Å². The van der Waals surface area contributed by atoms with Crippen molar-refractivity contribution in [3.05, 3.63) is 35.9 Å². The molecule has 0 bridgehead atoms. The van der Waals surface area contributed by atoms with Gasteiger partial charge in [-0.3, -0.25) is 4.99 Å². The van der Waals surface area contributed by atoms with Gasteiger partial charge in [-0.2, -0.15) is 0 Å². The predicted octanol–water partition coefficient (Wildman–Crippen LogP) is 1.93. The molecule has 162 valence electrons. The zero-order valence-corrected chi connectivity index (χ0v) is 18.2. The number of hydrogen-bond donors (Lipinski definition) is 2. The smallest absolute Gasteiger partial charge is 0.213 e. The molecule has 1 aromatic carbocycles. The third-order valence-corrected chi connectivity index (χ3v) is 6.85. The first-order valence-electron chi connectivity index (χ1n) is 10.7. The lowest BCUT2D eigenvalue weighted by Gasteiger charge is -2.23. The fourth-order valence-electron chi connectivity index (χ4n) is 3.91. The van der Waals surface area contributed by atoms with Gasteiger partial charge in [-0.05, 0) is 38.2 Å². The van der Waals surface area contributed by atoms with Crippen LogP contribution in [-0.4, -0.2) is 70.5 Å². The molecule has 2 heterocycles. The monoisotopic (exact) mass is 422 g/mol. The van der Waals surface area contributed by atoms with Crippen molar-refractivity contribution in [2.24, 2.45) is 4.99 Å². The Kier molecular flexibility index (Phi) is 8.32. The van der Waals surface area contributed by atoms with Crippen molar-refractivity contribution in [1.29, 1.82) is 0 Å². The lowest BCUT2D eigenvalue weighted by molar-refractivity contribution is 0.0200. The Balaban J connectivity index is 1.49. The molecule has 2 unspecified atom stereocenters. The molecule has 2 N–H and O–H groups in total. The molecular weight excluding hydrogens is 388 g/mol. The maximum Gasteiger partial charge on any atom is 0.213 e. The van der Waals surface area contributed by atoms with Gasteiger partial charge in [-0.25, -0.2) is 13.1 Å². The van der Waals surface area contributed by atoms with Crippen molar-refractivity contribution in [3.63, 3.8) is 0 Å². The summed E-state index contributed by atoms with van der Waals surface area (Å²) in [5, 5.41) is 3.31. The van der Waals surface area contributed by atoms with Gasteiger partial charge in [0.25, 0.3) is 0 Å². The van der Waals surface area contributed by atoms with Crippen LogP contribution in [0.3, 0.4) is 0 Å². The zero-order chi connectivity index (χ0) is 20.5. The SMILES string of the molecule is CCNC(=NCCS(=O)(=O)NCC1CCCCO1)N1CCC(c2ccccc2)C1. The Morgan fingerprint density at radius 2 is 2.07 bits per heavy atom. The molecular formula is C21H34N4O3S. The molecule has 2 fully saturated rings.